The molecule has 2 aromatic carbocycles. The molecule has 0 radical (unpaired) electrons. The summed E-state index contributed by atoms with van der Waals surface area (Å²) in [4.78, 5) is 12.6. The highest BCUT2D eigenvalue weighted by Crippen LogP contribution is 2.31. The van der Waals surface area contributed by atoms with E-state index in [2.05, 4.69) is 9.84 Å². The molecule has 176 valence electrons. The van der Waals surface area contributed by atoms with Crippen molar-refractivity contribution in [2.45, 2.75) is 30.0 Å². The van der Waals surface area contributed by atoms with Crippen LogP contribution in [0.25, 0.3) is 5.69 Å². The molecule has 0 amide bonds. The van der Waals surface area contributed by atoms with Crippen LogP contribution in [0, 0.1) is 0 Å². The molecule has 0 bridgehead atoms. The van der Waals surface area contributed by atoms with E-state index in [0.29, 0.717) is 24.4 Å². The largest absolute Gasteiger partial charge is 0.573 e. The molecule has 12 heteroatoms. The van der Waals surface area contributed by atoms with Gasteiger partial charge in [-0.05, 0) is 49.2 Å². The molecule has 0 saturated carbocycles. The summed E-state index contributed by atoms with van der Waals surface area (Å²) in [6.45, 7) is 0.342. The maximum absolute atomic E-state index is 13.2. The quantitative estimate of drug-likeness (QED) is 0.558. The summed E-state index contributed by atoms with van der Waals surface area (Å²) in [5.74, 6) is -0.378. The number of aromatic nitrogens is 3. The van der Waals surface area contributed by atoms with Crippen LogP contribution >= 0.6 is 0 Å². The Morgan fingerprint density at radius 3 is 2.36 bits per heavy atom. The van der Waals surface area contributed by atoms with E-state index >= 15 is 0 Å². The molecular weight excluding hydrogens is 461 g/mol. The zero-order chi connectivity index (χ0) is 23.8. The molecule has 0 aliphatic carbocycles. The van der Waals surface area contributed by atoms with Crippen LogP contribution in [0.15, 0.2) is 64.3 Å². The predicted octanol–water partition coefficient (Wildman–Crippen LogP) is 3.04. The SMILES string of the molecule is Cn1nc(C2CCCN(S(=O)(=O)c3ccc(OC(F)(F)F)cc3)C2)n(-c2ccccc2)c1=O. The van der Waals surface area contributed by atoms with Crippen molar-refractivity contribution in [1.29, 1.82) is 0 Å². The van der Waals surface area contributed by atoms with Gasteiger partial charge in [0.25, 0.3) is 0 Å². The molecule has 1 aliphatic rings. The second-order valence-corrected chi connectivity index (χ2v) is 9.59. The Morgan fingerprint density at radius 1 is 1.06 bits per heavy atom. The fourth-order valence-electron chi connectivity index (χ4n) is 3.90. The zero-order valence-corrected chi connectivity index (χ0v) is 18.4. The van der Waals surface area contributed by atoms with Gasteiger partial charge in [-0.25, -0.2) is 22.5 Å². The first kappa shape index (κ1) is 23.1. The van der Waals surface area contributed by atoms with Crippen molar-refractivity contribution in [3.63, 3.8) is 0 Å². The molecular formula is C21H21F3N4O4S. The van der Waals surface area contributed by atoms with E-state index in [1.165, 1.54) is 20.6 Å². The number of nitrogens with zero attached hydrogens (tertiary/aromatic N) is 4. The Kier molecular flexibility index (Phi) is 6.06. The molecule has 2 heterocycles. The Hall–Kier alpha value is -3.12. The number of hydrogen-bond donors (Lipinski definition) is 0. The van der Waals surface area contributed by atoms with E-state index in [1.807, 2.05) is 6.07 Å². The van der Waals surface area contributed by atoms with Crippen LogP contribution in [-0.2, 0) is 17.1 Å². The predicted molar refractivity (Wildman–Crippen MR) is 113 cm³/mol. The monoisotopic (exact) mass is 482 g/mol. The molecule has 0 spiro atoms. The van der Waals surface area contributed by atoms with Crippen LogP contribution in [0.1, 0.15) is 24.6 Å². The number of rotatable bonds is 5. The van der Waals surface area contributed by atoms with Gasteiger partial charge < -0.3 is 4.74 Å². The fraction of sp³-hybridized carbons (Fsp3) is 0.333. The normalized spacial score (nSPS) is 17.8. The molecule has 1 unspecified atom stereocenters. The highest BCUT2D eigenvalue weighted by Gasteiger charge is 2.35. The van der Waals surface area contributed by atoms with Crippen LogP contribution in [0.2, 0.25) is 0 Å². The lowest BCUT2D eigenvalue weighted by Gasteiger charge is -2.31. The highest BCUT2D eigenvalue weighted by molar-refractivity contribution is 7.89. The van der Waals surface area contributed by atoms with Crippen molar-refractivity contribution in [1.82, 2.24) is 18.7 Å². The number of sulfonamides is 1. The van der Waals surface area contributed by atoms with Gasteiger partial charge >= 0.3 is 12.1 Å². The van der Waals surface area contributed by atoms with Gasteiger partial charge in [-0.2, -0.15) is 9.40 Å². The summed E-state index contributed by atoms with van der Waals surface area (Å²) in [5, 5.41) is 4.37. The highest BCUT2D eigenvalue weighted by atomic mass is 32.2. The summed E-state index contributed by atoms with van der Waals surface area (Å²) in [7, 11) is -2.43. The first-order valence-corrected chi connectivity index (χ1v) is 11.6. The van der Waals surface area contributed by atoms with Gasteiger partial charge in [-0.3, -0.25) is 0 Å². The minimum atomic E-state index is -4.86. The van der Waals surface area contributed by atoms with Gasteiger partial charge in [0.15, 0.2) is 0 Å². The average molecular weight is 482 g/mol. The average Bonchev–Trinajstić information content (AvgIpc) is 3.08. The summed E-state index contributed by atoms with van der Waals surface area (Å²) < 4.78 is 71.2. The summed E-state index contributed by atoms with van der Waals surface area (Å²) in [6, 6.07) is 13.1. The number of piperidine rings is 1. The van der Waals surface area contributed by atoms with Crippen LogP contribution in [0.5, 0.6) is 5.75 Å². The molecule has 1 aliphatic heterocycles. The van der Waals surface area contributed by atoms with E-state index in [9.17, 15) is 26.4 Å². The number of aryl methyl sites for hydroxylation is 1. The Bertz CT molecular complexity index is 1290. The van der Waals surface area contributed by atoms with Gasteiger partial charge in [-0.1, -0.05) is 18.2 Å². The molecule has 4 rings (SSSR count). The van der Waals surface area contributed by atoms with Crippen molar-refractivity contribution in [2.24, 2.45) is 7.05 Å². The van der Waals surface area contributed by atoms with Crippen LogP contribution in [-0.4, -0.2) is 46.5 Å². The Balaban J connectivity index is 1.61. The van der Waals surface area contributed by atoms with E-state index in [4.69, 9.17) is 0 Å². The molecule has 1 aromatic heterocycles. The molecule has 8 nitrogen and oxygen atoms in total. The van der Waals surface area contributed by atoms with E-state index in [-0.39, 0.29) is 29.6 Å². The van der Waals surface area contributed by atoms with Gasteiger partial charge in [0.05, 0.1) is 10.6 Å². The van der Waals surface area contributed by atoms with E-state index < -0.39 is 22.1 Å². The lowest BCUT2D eigenvalue weighted by Crippen LogP contribution is -2.40. The minimum Gasteiger partial charge on any atom is -0.406 e. The number of ether oxygens (including phenoxy) is 1. The minimum absolute atomic E-state index is 0.0897. The van der Waals surface area contributed by atoms with Crippen molar-refractivity contribution in [3.8, 4) is 11.4 Å². The third-order valence-electron chi connectivity index (χ3n) is 5.41. The standard InChI is InChI=1S/C21H21F3N4O4S/c1-26-20(29)28(16-7-3-2-4-8-16)19(25-26)15-6-5-13-27(14-15)33(30,31)18-11-9-17(10-12-18)32-21(22,23)24/h2-4,7-12,15H,5-6,13-14H2,1H3. The van der Waals surface area contributed by atoms with Crippen LogP contribution < -0.4 is 10.4 Å². The van der Waals surface area contributed by atoms with Gasteiger partial charge in [0.2, 0.25) is 10.0 Å². The molecule has 3 aromatic rings. The van der Waals surface area contributed by atoms with Crippen molar-refractivity contribution in [2.75, 3.05) is 13.1 Å². The molecule has 1 atom stereocenters. The molecule has 0 N–H and O–H groups in total. The first-order valence-electron chi connectivity index (χ1n) is 10.1. The third-order valence-corrected chi connectivity index (χ3v) is 7.29. The van der Waals surface area contributed by atoms with Crippen molar-refractivity contribution < 1.29 is 26.3 Å². The zero-order valence-electron chi connectivity index (χ0n) is 17.6. The van der Waals surface area contributed by atoms with Gasteiger partial charge in [0, 0.05) is 26.1 Å². The number of hydrogen-bond acceptors (Lipinski definition) is 5. The lowest BCUT2D eigenvalue weighted by molar-refractivity contribution is -0.274. The maximum Gasteiger partial charge on any atom is 0.573 e. The second-order valence-electron chi connectivity index (χ2n) is 7.66. The molecule has 33 heavy (non-hydrogen) atoms. The first-order chi connectivity index (χ1) is 15.6. The Morgan fingerprint density at radius 2 is 1.73 bits per heavy atom. The second kappa shape index (κ2) is 8.67. The molecule has 1 saturated heterocycles. The lowest BCUT2D eigenvalue weighted by atomic mass is 9.98. The summed E-state index contributed by atoms with van der Waals surface area (Å²) in [5.41, 5.74) is 0.294. The van der Waals surface area contributed by atoms with Crippen molar-refractivity contribution >= 4 is 10.0 Å². The summed E-state index contributed by atoms with van der Waals surface area (Å²) in [6.07, 6.45) is -3.69. The number of para-hydroxylation sites is 1. The van der Waals surface area contributed by atoms with E-state index in [1.54, 1.807) is 24.3 Å². The number of halogens is 3. The Labute approximate surface area is 187 Å². The number of alkyl halides is 3. The van der Waals surface area contributed by atoms with Gasteiger partial charge in [0.1, 0.15) is 11.6 Å². The maximum atomic E-state index is 13.2. The van der Waals surface area contributed by atoms with Crippen LogP contribution in [0.4, 0.5) is 13.2 Å². The van der Waals surface area contributed by atoms with Gasteiger partial charge in [-0.15, -0.1) is 13.2 Å². The fourth-order valence-corrected chi connectivity index (χ4v) is 5.43. The van der Waals surface area contributed by atoms with Crippen LogP contribution in [0.3, 0.4) is 0 Å². The molecule has 1 fully saturated rings. The van der Waals surface area contributed by atoms with E-state index in [0.717, 1.165) is 24.3 Å². The number of benzene rings is 2. The topological polar surface area (TPSA) is 86.4 Å². The summed E-state index contributed by atoms with van der Waals surface area (Å²) >= 11 is 0. The third kappa shape index (κ3) is 4.81. The smallest absolute Gasteiger partial charge is 0.406 e. The van der Waals surface area contributed by atoms with Crippen molar-refractivity contribution in [3.05, 3.63) is 70.9 Å².